The minimum Gasteiger partial charge on any atom is -0.383 e. The summed E-state index contributed by atoms with van der Waals surface area (Å²) in [6.45, 7) is 5.06. The highest BCUT2D eigenvalue weighted by Gasteiger charge is 2.39. The summed E-state index contributed by atoms with van der Waals surface area (Å²) >= 11 is 5.06. The van der Waals surface area contributed by atoms with Gasteiger partial charge in [-0.25, -0.2) is 0 Å². The van der Waals surface area contributed by atoms with Gasteiger partial charge < -0.3 is 10.4 Å². The van der Waals surface area contributed by atoms with Crippen LogP contribution in [0.5, 0.6) is 0 Å². The van der Waals surface area contributed by atoms with Crippen molar-refractivity contribution >= 4 is 28.6 Å². The predicted octanol–water partition coefficient (Wildman–Crippen LogP) is 4.15. The predicted molar refractivity (Wildman–Crippen MR) is 84.4 cm³/mol. The van der Waals surface area contributed by atoms with E-state index in [1.165, 1.54) is 6.92 Å². The molecule has 23 heavy (non-hydrogen) atoms. The standard InChI is InChI=1S/C14H17F3N2O3S/c1-4-8(2)13(3,20)12(23)18-9-5-6-11(19(21)22)10(7-9)14(15,16)17/h5-8,20H,4H2,1-3H3,(H,18,23). The minimum absolute atomic E-state index is 0.0474. The number of nitrogens with one attached hydrogen (secondary N) is 1. The van der Waals surface area contributed by atoms with Crippen LogP contribution in [0.2, 0.25) is 0 Å². The second-order valence-corrected chi connectivity index (χ2v) is 5.81. The van der Waals surface area contributed by atoms with Gasteiger partial charge in [0.2, 0.25) is 0 Å². The molecular formula is C14H17F3N2O3S. The summed E-state index contributed by atoms with van der Waals surface area (Å²) in [7, 11) is 0. The number of anilines is 1. The molecule has 0 radical (unpaired) electrons. The topological polar surface area (TPSA) is 75.4 Å². The zero-order valence-electron chi connectivity index (χ0n) is 12.8. The fourth-order valence-corrected chi connectivity index (χ4v) is 2.20. The van der Waals surface area contributed by atoms with Crippen LogP contribution in [0, 0.1) is 16.0 Å². The Bertz CT molecular complexity index is 618. The lowest BCUT2D eigenvalue weighted by Crippen LogP contribution is -2.44. The average Bonchev–Trinajstić information content (AvgIpc) is 2.44. The van der Waals surface area contributed by atoms with Gasteiger partial charge >= 0.3 is 6.18 Å². The van der Waals surface area contributed by atoms with Crippen molar-refractivity contribution in [3.8, 4) is 0 Å². The van der Waals surface area contributed by atoms with Crippen LogP contribution in [-0.2, 0) is 6.18 Å². The first kappa shape index (κ1) is 19.3. The Hall–Kier alpha value is -1.74. The van der Waals surface area contributed by atoms with E-state index in [1.54, 1.807) is 6.92 Å². The highest BCUT2D eigenvalue weighted by atomic mass is 32.1. The van der Waals surface area contributed by atoms with Crippen LogP contribution >= 0.6 is 12.2 Å². The fourth-order valence-electron chi connectivity index (χ4n) is 1.88. The first-order valence-corrected chi connectivity index (χ1v) is 7.21. The SMILES string of the molecule is CCC(C)C(C)(O)C(=S)Nc1ccc([N+](=O)[O-])c(C(F)(F)F)c1. The quantitative estimate of drug-likeness (QED) is 0.474. The second kappa shape index (κ2) is 6.79. The maximum Gasteiger partial charge on any atom is 0.423 e. The van der Waals surface area contributed by atoms with E-state index in [0.717, 1.165) is 12.1 Å². The van der Waals surface area contributed by atoms with E-state index in [-0.39, 0.29) is 16.6 Å². The molecule has 2 N–H and O–H groups in total. The third-order valence-electron chi connectivity index (χ3n) is 3.79. The van der Waals surface area contributed by atoms with Gasteiger partial charge in [-0.05, 0) is 25.0 Å². The van der Waals surface area contributed by atoms with E-state index < -0.39 is 28.0 Å². The summed E-state index contributed by atoms with van der Waals surface area (Å²) < 4.78 is 38.8. The molecule has 0 fully saturated rings. The number of nitrogens with zero attached hydrogens (tertiary/aromatic N) is 1. The summed E-state index contributed by atoms with van der Waals surface area (Å²) in [4.78, 5) is 9.56. The van der Waals surface area contributed by atoms with Crippen LogP contribution in [0.4, 0.5) is 24.5 Å². The van der Waals surface area contributed by atoms with Gasteiger partial charge in [-0.3, -0.25) is 10.1 Å². The molecule has 5 nitrogen and oxygen atoms in total. The molecule has 1 aromatic rings. The second-order valence-electron chi connectivity index (χ2n) is 5.40. The van der Waals surface area contributed by atoms with Crippen LogP contribution in [0.25, 0.3) is 0 Å². The Morgan fingerprint density at radius 2 is 2.04 bits per heavy atom. The van der Waals surface area contributed by atoms with Gasteiger partial charge in [-0.2, -0.15) is 13.2 Å². The number of benzene rings is 1. The Kier molecular flexibility index (Phi) is 5.70. The molecule has 1 rings (SSSR count). The molecule has 9 heteroatoms. The lowest BCUT2D eigenvalue weighted by Gasteiger charge is -2.31. The highest BCUT2D eigenvalue weighted by Crippen LogP contribution is 2.37. The van der Waals surface area contributed by atoms with Crippen molar-refractivity contribution in [2.45, 2.75) is 39.0 Å². The third kappa shape index (κ3) is 4.38. The molecular weight excluding hydrogens is 333 g/mol. The number of nitro groups is 1. The maximum absolute atomic E-state index is 12.9. The Labute approximate surface area is 136 Å². The number of halogens is 3. The summed E-state index contributed by atoms with van der Waals surface area (Å²) in [5, 5.41) is 23.6. The highest BCUT2D eigenvalue weighted by molar-refractivity contribution is 7.80. The average molecular weight is 350 g/mol. The Morgan fingerprint density at radius 3 is 2.48 bits per heavy atom. The van der Waals surface area contributed by atoms with E-state index in [9.17, 15) is 28.4 Å². The maximum atomic E-state index is 12.9. The first-order chi connectivity index (χ1) is 10.4. The van der Waals surface area contributed by atoms with Crippen molar-refractivity contribution in [3.63, 3.8) is 0 Å². The van der Waals surface area contributed by atoms with Gasteiger partial charge in [0.1, 0.15) is 16.2 Å². The van der Waals surface area contributed by atoms with E-state index in [1.807, 2.05) is 6.92 Å². The normalized spacial score (nSPS) is 15.6. The summed E-state index contributed by atoms with van der Waals surface area (Å²) in [5.74, 6) is -0.220. The van der Waals surface area contributed by atoms with Gasteiger partial charge in [0.15, 0.2) is 0 Å². The monoisotopic (exact) mass is 350 g/mol. The molecule has 0 heterocycles. The van der Waals surface area contributed by atoms with Gasteiger partial charge in [-0.1, -0.05) is 32.5 Å². The Balaban J connectivity index is 3.17. The van der Waals surface area contributed by atoms with Gasteiger partial charge in [0, 0.05) is 11.8 Å². The zero-order valence-corrected chi connectivity index (χ0v) is 13.6. The van der Waals surface area contributed by atoms with Crippen molar-refractivity contribution < 1.29 is 23.2 Å². The summed E-state index contributed by atoms with van der Waals surface area (Å²) in [6, 6.07) is 2.48. The van der Waals surface area contributed by atoms with Crippen molar-refractivity contribution in [2.75, 3.05) is 5.32 Å². The fraction of sp³-hybridized carbons (Fsp3) is 0.500. The van der Waals surface area contributed by atoms with Crippen molar-refractivity contribution in [2.24, 2.45) is 5.92 Å². The summed E-state index contributed by atoms with van der Waals surface area (Å²) in [5.41, 5.74) is -3.90. The molecule has 2 unspecified atom stereocenters. The number of alkyl halides is 3. The lowest BCUT2D eigenvalue weighted by atomic mass is 9.88. The molecule has 0 aliphatic carbocycles. The molecule has 0 aliphatic heterocycles. The summed E-state index contributed by atoms with van der Waals surface area (Å²) in [6.07, 6.45) is -4.26. The van der Waals surface area contributed by atoms with Crippen molar-refractivity contribution in [1.82, 2.24) is 0 Å². The lowest BCUT2D eigenvalue weighted by molar-refractivity contribution is -0.388. The molecule has 0 amide bonds. The molecule has 128 valence electrons. The molecule has 2 atom stereocenters. The molecule has 0 aliphatic rings. The minimum atomic E-state index is -4.87. The van der Waals surface area contributed by atoms with Gasteiger partial charge in [0.25, 0.3) is 5.69 Å². The number of aliphatic hydroxyl groups is 1. The van der Waals surface area contributed by atoms with E-state index in [2.05, 4.69) is 5.32 Å². The number of thiocarbonyl (C=S) groups is 1. The van der Waals surface area contributed by atoms with Crippen molar-refractivity contribution in [3.05, 3.63) is 33.9 Å². The molecule has 0 saturated carbocycles. The van der Waals surface area contributed by atoms with Crippen LogP contribution in [0.3, 0.4) is 0 Å². The van der Waals surface area contributed by atoms with Crippen LogP contribution in [0.1, 0.15) is 32.8 Å². The smallest absolute Gasteiger partial charge is 0.383 e. The molecule has 0 bridgehead atoms. The number of hydrogen-bond donors (Lipinski definition) is 2. The number of hydrogen-bond acceptors (Lipinski definition) is 4. The Morgan fingerprint density at radius 1 is 1.48 bits per heavy atom. The van der Waals surface area contributed by atoms with E-state index >= 15 is 0 Å². The van der Waals surface area contributed by atoms with Gasteiger partial charge in [-0.15, -0.1) is 0 Å². The van der Waals surface area contributed by atoms with Gasteiger partial charge in [0.05, 0.1) is 4.92 Å². The van der Waals surface area contributed by atoms with E-state index in [4.69, 9.17) is 12.2 Å². The third-order valence-corrected chi connectivity index (χ3v) is 4.30. The zero-order chi connectivity index (χ0) is 18.0. The first-order valence-electron chi connectivity index (χ1n) is 6.80. The number of rotatable bonds is 5. The number of nitro benzene ring substituents is 1. The van der Waals surface area contributed by atoms with Crippen LogP contribution in [-0.4, -0.2) is 20.6 Å². The largest absolute Gasteiger partial charge is 0.423 e. The van der Waals surface area contributed by atoms with Crippen LogP contribution < -0.4 is 5.32 Å². The van der Waals surface area contributed by atoms with Crippen molar-refractivity contribution in [1.29, 1.82) is 0 Å². The molecule has 0 saturated heterocycles. The van der Waals surface area contributed by atoms with E-state index in [0.29, 0.717) is 12.5 Å². The molecule has 0 aromatic heterocycles. The van der Waals surface area contributed by atoms with Crippen LogP contribution in [0.15, 0.2) is 18.2 Å². The molecule has 1 aromatic carbocycles. The molecule has 0 spiro atoms.